The first kappa shape index (κ1) is 19.0. The minimum atomic E-state index is -0.170. The van der Waals surface area contributed by atoms with Crippen LogP contribution in [-0.2, 0) is 0 Å². The number of nitrogens with zero attached hydrogens (tertiary/aromatic N) is 5. The summed E-state index contributed by atoms with van der Waals surface area (Å²) < 4.78 is 0. The highest BCUT2D eigenvalue weighted by molar-refractivity contribution is 5.75. The predicted octanol–water partition coefficient (Wildman–Crippen LogP) is 2.86. The van der Waals surface area contributed by atoms with Crippen LogP contribution < -0.4 is 10.6 Å². The second-order valence-corrected chi connectivity index (χ2v) is 7.85. The molecule has 0 spiro atoms. The van der Waals surface area contributed by atoms with Gasteiger partial charge in [0.1, 0.15) is 5.75 Å². The van der Waals surface area contributed by atoms with Crippen LogP contribution in [0.3, 0.4) is 0 Å². The number of para-hydroxylation sites is 1. The van der Waals surface area contributed by atoms with Crippen molar-refractivity contribution in [2.75, 3.05) is 36.8 Å². The van der Waals surface area contributed by atoms with E-state index >= 15 is 0 Å². The number of benzene rings is 1. The summed E-state index contributed by atoms with van der Waals surface area (Å²) in [6.07, 6.45) is 8.25. The molecular weight excluding hydrogens is 364 g/mol. The Bertz CT molecular complexity index is 987. The van der Waals surface area contributed by atoms with Crippen molar-refractivity contribution in [1.29, 1.82) is 0 Å². The molecule has 4 rings (SSSR count). The Balaban J connectivity index is 1.51. The number of hydrogen-bond donors (Lipinski definition) is 2. The van der Waals surface area contributed by atoms with Gasteiger partial charge in [-0.05, 0) is 44.2 Å². The molecule has 0 amide bonds. The monoisotopic (exact) mass is 390 g/mol. The summed E-state index contributed by atoms with van der Waals surface area (Å²) in [6, 6.07) is 9.03. The first-order valence-electron chi connectivity index (χ1n) is 9.79. The van der Waals surface area contributed by atoms with E-state index in [2.05, 4.69) is 57.1 Å². The maximum absolute atomic E-state index is 10.1. The van der Waals surface area contributed by atoms with Gasteiger partial charge in [-0.15, -0.1) is 10.2 Å². The first-order chi connectivity index (χ1) is 13.9. The zero-order valence-corrected chi connectivity index (χ0v) is 16.8. The third kappa shape index (κ3) is 4.08. The zero-order valence-electron chi connectivity index (χ0n) is 16.8. The van der Waals surface area contributed by atoms with Crippen LogP contribution in [0.4, 0.5) is 11.5 Å². The summed E-state index contributed by atoms with van der Waals surface area (Å²) in [5, 5.41) is 18.4. The van der Waals surface area contributed by atoms with Crippen molar-refractivity contribution in [3.8, 4) is 17.0 Å². The minimum absolute atomic E-state index is 0.170. The second-order valence-electron chi connectivity index (χ2n) is 7.85. The number of aromatic hydroxyl groups is 1. The molecule has 150 valence electrons. The van der Waals surface area contributed by atoms with Gasteiger partial charge >= 0.3 is 0 Å². The molecule has 1 saturated heterocycles. The Morgan fingerprint density at radius 3 is 2.52 bits per heavy atom. The van der Waals surface area contributed by atoms with Crippen molar-refractivity contribution in [3.63, 3.8) is 0 Å². The van der Waals surface area contributed by atoms with E-state index in [1.807, 2.05) is 24.4 Å². The Hall–Kier alpha value is -3.35. The number of nitrogens with two attached hydrogens (primary N) is 1. The van der Waals surface area contributed by atoms with E-state index in [1.54, 1.807) is 12.1 Å². The van der Waals surface area contributed by atoms with E-state index in [9.17, 15) is 5.11 Å². The number of phenols is 1. The molecule has 0 radical (unpaired) electrons. The van der Waals surface area contributed by atoms with Crippen molar-refractivity contribution in [2.24, 2.45) is 4.99 Å². The summed E-state index contributed by atoms with van der Waals surface area (Å²) in [5.41, 5.74) is 9.25. The largest absolute Gasteiger partial charge is 0.507 e. The van der Waals surface area contributed by atoms with Gasteiger partial charge in [0, 0.05) is 43.7 Å². The molecular formula is C22H26N6O. The lowest BCUT2D eigenvalue weighted by Gasteiger charge is -2.38. The molecule has 3 heterocycles. The highest BCUT2D eigenvalue weighted by Crippen LogP contribution is 2.32. The fraction of sp³-hybridized carbons (Fsp3) is 0.318. The second kappa shape index (κ2) is 7.58. The van der Waals surface area contributed by atoms with Crippen molar-refractivity contribution >= 4 is 17.7 Å². The maximum Gasteiger partial charge on any atom is 0.169 e. The third-order valence-electron chi connectivity index (χ3n) is 5.28. The number of aliphatic imine (C=N–C) groups is 1. The number of piperazine rings is 1. The fourth-order valence-electron chi connectivity index (χ4n) is 3.58. The van der Waals surface area contributed by atoms with Gasteiger partial charge < -0.3 is 20.6 Å². The quantitative estimate of drug-likeness (QED) is 0.837. The van der Waals surface area contributed by atoms with Gasteiger partial charge in [0.2, 0.25) is 0 Å². The Labute approximate surface area is 170 Å². The normalized spacial score (nSPS) is 18.5. The van der Waals surface area contributed by atoms with E-state index in [4.69, 9.17) is 5.73 Å². The van der Waals surface area contributed by atoms with E-state index in [0.29, 0.717) is 17.1 Å². The van der Waals surface area contributed by atoms with Gasteiger partial charge in [0.25, 0.3) is 0 Å². The van der Waals surface area contributed by atoms with Crippen LogP contribution in [0.1, 0.15) is 13.8 Å². The van der Waals surface area contributed by atoms with Crippen molar-refractivity contribution < 1.29 is 5.11 Å². The average Bonchev–Trinajstić information content (AvgIpc) is 2.90. The molecule has 3 N–H and O–H groups in total. The van der Waals surface area contributed by atoms with Crippen LogP contribution in [0, 0.1) is 0 Å². The molecule has 7 heteroatoms. The summed E-state index contributed by atoms with van der Waals surface area (Å²) in [4.78, 5) is 9.12. The number of aromatic nitrogens is 2. The molecule has 0 saturated carbocycles. The standard InChI is InChI=1S/C22H26N6O/c1-22(2)9-7-16(8-10-24-22)27-11-13-28(14-12-27)19-15-18(25-26-21(19)23)17-5-3-4-6-20(17)29/h3-10,15,29H,11-14H2,1-2H3,(H2,23,26). The smallest absolute Gasteiger partial charge is 0.169 e. The van der Waals surface area contributed by atoms with E-state index in [-0.39, 0.29) is 11.3 Å². The first-order valence-corrected chi connectivity index (χ1v) is 9.79. The number of anilines is 2. The molecule has 0 atom stereocenters. The van der Waals surface area contributed by atoms with Gasteiger partial charge in [-0.3, -0.25) is 4.99 Å². The molecule has 2 aliphatic heterocycles. The van der Waals surface area contributed by atoms with Crippen LogP contribution in [0.25, 0.3) is 11.3 Å². The van der Waals surface area contributed by atoms with Gasteiger partial charge in [-0.25, -0.2) is 0 Å². The van der Waals surface area contributed by atoms with Gasteiger partial charge in [-0.1, -0.05) is 18.2 Å². The molecule has 7 nitrogen and oxygen atoms in total. The molecule has 29 heavy (non-hydrogen) atoms. The highest BCUT2D eigenvalue weighted by Gasteiger charge is 2.22. The fourth-order valence-corrected chi connectivity index (χ4v) is 3.58. The number of hydrogen-bond acceptors (Lipinski definition) is 7. The summed E-state index contributed by atoms with van der Waals surface area (Å²) in [6.45, 7) is 7.58. The van der Waals surface area contributed by atoms with E-state index < -0.39 is 0 Å². The minimum Gasteiger partial charge on any atom is -0.507 e. The van der Waals surface area contributed by atoms with Crippen LogP contribution >= 0.6 is 0 Å². The molecule has 1 aromatic carbocycles. The predicted molar refractivity (Wildman–Crippen MR) is 117 cm³/mol. The molecule has 0 unspecified atom stereocenters. The number of rotatable bonds is 3. The lowest BCUT2D eigenvalue weighted by atomic mass is 10.1. The Morgan fingerprint density at radius 1 is 1.03 bits per heavy atom. The molecule has 1 fully saturated rings. The number of nitrogen functional groups attached to an aromatic ring is 1. The van der Waals surface area contributed by atoms with Gasteiger partial charge in [-0.2, -0.15) is 0 Å². The molecule has 0 aliphatic carbocycles. The third-order valence-corrected chi connectivity index (χ3v) is 5.28. The Morgan fingerprint density at radius 2 is 1.76 bits per heavy atom. The van der Waals surface area contributed by atoms with Gasteiger partial charge in [0.05, 0.1) is 16.9 Å². The van der Waals surface area contributed by atoms with Crippen LogP contribution in [0.2, 0.25) is 0 Å². The summed E-state index contributed by atoms with van der Waals surface area (Å²) >= 11 is 0. The maximum atomic E-state index is 10.1. The number of allylic oxidation sites excluding steroid dienone is 2. The van der Waals surface area contributed by atoms with Crippen LogP contribution in [0.5, 0.6) is 5.75 Å². The highest BCUT2D eigenvalue weighted by atomic mass is 16.3. The van der Waals surface area contributed by atoms with Gasteiger partial charge in [0.15, 0.2) is 5.82 Å². The Kier molecular flexibility index (Phi) is 4.96. The summed E-state index contributed by atoms with van der Waals surface area (Å²) in [7, 11) is 0. The lowest BCUT2D eigenvalue weighted by Crippen LogP contribution is -2.46. The topological polar surface area (TPSA) is 90.9 Å². The van der Waals surface area contributed by atoms with E-state index in [1.165, 1.54) is 5.70 Å². The van der Waals surface area contributed by atoms with E-state index in [0.717, 1.165) is 31.9 Å². The zero-order chi connectivity index (χ0) is 20.4. The molecule has 0 bridgehead atoms. The average molecular weight is 390 g/mol. The molecule has 2 aliphatic rings. The van der Waals surface area contributed by atoms with Crippen LogP contribution in [-0.4, -0.2) is 58.1 Å². The lowest BCUT2D eigenvalue weighted by molar-refractivity contribution is 0.331. The summed E-state index contributed by atoms with van der Waals surface area (Å²) in [5.74, 6) is 0.582. The molecule has 1 aromatic heterocycles. The van der Waals surface area contributed by atoms with Crippen molar-refractivity contribution in [1.82, 2.24) is 15.1 Å². The molecule has 2 aromatic rings. The van der Waals surface area contributed by atoms with Crippen molar-refractivity contribution in [2.45, 2.75) is 19.4 Å². The SMILES string of the molecule is CC1(C)C=CC(N2CCN(c3cc(-c4ccccc4O)nnc3N)CC2)=CC=N1. The van der Waals surface area contributed by atoms with Crippen LogP contribution in [0.15, 0.2) is 59.2 Å². The van der Waals surface area contributed by atoms with Crippen molar-refractivity contribution in [3.05, 3.63) is 54.3 Å². The number of phenolic OH excluding ortho intramolecular Hbond substituents is 1.